The molecule has 0 aliphatic heterocycles. The molecule has 0 radical (unpaired) electrons. The van der Waals surface area contributed by atoms with E-state index in [0.29, 0.717) is 28.9 Å². The maximum atomic E-state index is 12.8. The van der Waals surface area contributed by atoms with Crippen LogP contribution in [0.15, 0.2) is 47.4 Å². The number of rotatable bonds is 8. The highest BCUT2D eigenvalue weighted by molar-refractivity contribution is 7.89. The van der Waals surface area contributed by atoms with Crippen molar-refractivity contribution in [3.63, 3.8) is 0 Å². The van der Waals surface area contributed by atoms with Gasteiger partial charge >= 0.3 is 0 Å². The van der Waals surface area contributed by atoms with Gasteiger partial charge in [0.25, 0.3) is 0 Å². The van der Waals surface area contributed by atoms with Gasteiger partial charge in [0.05, 0.1) is 18.6 Å². The van der Waals surface area contributed by atoms with Crippen molar-refractivity contribution < 1.29 is 17.9 Å². The molecule has 0 aliphatic carbocycles. The van der Waals surface area contributed by atoms with Crippen LogP contribution in [0, 0.1) is 0 Å². The van der Waals surface area contributed by atoms with Crippen LogP contribution in [-0.4, -0.2) is 33.5 Å². The first-order valence-electron chi connectivity index (χ1n) is 8.65. The fourth-order valence-corrected chi connectivity index (χ4v) is 3.79. The molecule has 0 heterocycles. The van der Waals surface area contributed by atoms with Gasteiger partial charge < -0.3 is 9.47 Å². The van der Waals surface area contributed by atoms with Crippen molar-refractivity contribution in [1.29, 1.82) is 0 Å². The monoisotopic (exact) mass is 377 g/mol. The predicted octanol–water partition coefficient (Wildman–Crippen LogP) is 4.04. The zero-order chi connectivity index (χ0) is 19.3. The van der Waals surface area contributed by atoms with Crippen LogP contribution in [-0.2, 0) is 16.6 Å². The van der Waals surface area contributed by atoms with Crippen LogP contribution < -0.4 is 9.47 Å². The Morgan fingerprint density at radius 1 is 1.04 bits per heavy atom. The van der Waals surface area contributed by atoms with Gasteiger partial charge in [0.2, 0.25) is 10.0 Å². The molecule has 0 N–H and O–H groups in total. The predicted molar refractivity (Wildman–Crippen MR) is 103 cm³/mol. The molecule has 0 amide bonds. The van der Waals surface area contributed by atoms with Gasteiger partial charge in [-0.05, 0) is 48.2 Å². The Labute approximate surface area is 156 Å². The molecule has 6 heteroatoms. The lowest BCUT2D eigenvalue weighted by Gasteiger charge is -2.19. The third-order valence-corrected chi connectivity index (χ3v) is 6.01. The lowest BCUT2D eigenvalue weighted by Crippen LogP contribution is -2.26. The molecule has 0 saturated carbocycles. The standard InChI is InChI=1S/C20H27NO4S/c1-6-25-19-12-7-16(13-20(19)24-5)14-21(4)26(22,23)18-10-8-17(9-11-18)15(2)3/h7-13,15H,6,14H2,1-5H3. The summed E-state index contributed by atoms with van der Waals surface area (Å²) in [6, 6.07) is 12.5. The number of methoxy groups -OCH3 is 1. The van der Waals surface area contributed by atoms with Crippen LogP contribution in [0.5, 0.6) is 11.5 Å². The summed E-state index contributed by atoms with van der Waals surface area (Å²) >= 11 is 0. The Bertz CT molecular complexity index is 829. The summed E-state index contributed by atoms with van der Waals surface area (Å²) in [7, 11) is -0.412. The minimum Gasteiger partial charge on any atom is -0.493 e. The van der Waals surface area contributed by atoms with Crippen molar-refractivity contribution in [2.45, 2.75) is 38.1 Å². The highest BCUT2D eigenvalue weighted by atomic mass is 32.2. The summed E-state index contributed by atoms with van der Waals surface area (Å²) in [6.07, 6.45) is 0. The second kappa shape index (κ2) is 8.56. The molecule has 2 rings (SSSR count). The average molecular weight is 378 g/mol. The van der Waals surface area contributed by atoms with Gasteiger partial charge in [-0.3, -0.25) is 0 Å². The van der Waals surface area contributed by atoms with E-state index in [1.807, 2.05) is 25.1 Å². The van der Waals surface area contributed by atoms with E-state index >= 15 is 0 Å². The molecule has 0 spiro atoms. The Balaban J connectivity index is 2.21. The normalized spacial score (nSPS) is 11.8. The van der Waals surface area contributed by atoms with Gasteiger partial charge in [-0.2, -0.15) is 4.31 Å². The number of sulfonamides is 1. The molecule has 2 aromatic rings. The number of hydrogen-bond acceptors (Lipinski definition) is 4. The molecule has 0 unspecified atom stereocenters. The van der Waals surface area contributed by atoms with Crippen LogP contribution in [0.2, 0.25) is 0 Å². The lowest BCUT2D eigenvalue weighted by molar-refractivity contribution is 0.310. The molecule has 2 aromatic carbocycles. The Morgan fingerprint density at radius 3 is 2.23 bits per heavy atom. The van der Waals surface area contributed by atoms with Gasteiger partial charge in [0, 0.05) is 13.6 Å². The van der Waals surface area contributed by atoms with E-state index in [2.05, 4.69) is 13.8 Å². The molecule has 26 heavy (non-hydrogen) atoms. The first-order chi connectivity index (χ1) is 12.3. The maximum absolute atomic E-state index is 12.8. The molecule has 0 aromatic heterocycles. The highest BCUT2D eigenvalue weighted by Gasteiger charge is 2.21. The number of nitrogens with zero attached hydrogens (tertiary/aromatic N) is 1. The van der Waals surface area contributed by atoms with Crippen LogP contribution in [0.25, 0.3) is 0 Å². The second-order valence-corrected chi connectivity index (χ2v) is 8.45. The van der Waals surface area contributed by atoms with Gasteiger partial charge in [-0.15, -0.1) is 0 Å². The van der Waals surface area contributed by atoms with Crippen molar-refractivity contribution in [1.82, 2.24) is 4.31 Å². The number of hydrogen-bond donors (Lipinski definition) is 0. The van der Waals surface area contributed by atoms with Crippen molar-refractivity contribution in [3.8, 4) is 11.5 Å². The maximum Gasteiger partial charge on any atom is 0.243 e. The lowest BCUT2D eigenvalue weighted by atomic mass is 10.0. The molecule has 0 fully saturated rings. The fraction of sp³-hybridized carbons (Fsp3) is 0.400. The number of ether oxygens (including phenoxy) is 2. The van der Waals surface area contributed by atoms with Crippen molar-refractivity contribution in [3.05, 3.63) is 53.6 Å². The van der Waals surface area contributed by atoms with E-state index in [1.54, 1.807) is 38.4 Å². The fourth-order valence-electron chi connectivity index (χ4n) is 2.63. The molecular weight excluding hydrogens is 350 g/mol. The average Bonchev–Trinajstić information content (AvgIpc) is 2.63. The summed E-state index contributed by atoms with van der Waals surface area (Å²) in [6.45, 7) is 6.84. The minimum atomic E-state index is -3.56. The summed E-state index contributed by atoms with van der Waals surface area (Å²) < 4.78 is 37.8. The minimum absolute atomic E-state index is 0.247. The molecule has 142 valence electrons. The summed E-state index contributed by atoms with van der Waals surface area (Å²) in [5.41, 5.74) is 1.94. The Morgan fingerprint density at radius 2 is 1.69 bits per heavy atom. The van der Waals surface area contributed by atoms with E-state index in [-0.39, 0.29) is 6.54 Å². The van der Waals surface area contributed by atoms with Gasteiger partial charge in [0.15, 0.2) is 11.5 Å². The van der Waals surface area contributed by atoms with Crippen molar-refractivity contribution in [2.75, 3.05) is 20.8 Å². The molecule has 0 atom stereocenters. The summed E-state index contributed by atoms with van der Waals surface area (Å²) in [4.78, 5) is 0.294. The zero-order valence-electron chi connectivity index (χ0n) is 16.0. The van der Waals surface area contributed by atoms with E-state index in [4.69, 9.17) is 9.47 Å². The third kappa shape index (κ3) is 4.56. The van der Waals surface area contributed by atoms with Crippen molar-refractivity contribution >= 4 is 10.0 Å². The smallest absolute Gasteiger partial charge is 0.243 e. The molecule has 5 nitrogen and oxygen atoms in total. The summed E-state index contributed by atoms with van der Waals surface area (Å²) in [5, 5.41) is 0. The van der Waals surface area contributed by atoms with Crippen LogP contribution >= 0.6 is 0 Å². The van der Waals surface area contributed by atoms with Gasteiger partial charge in [0.1, 0.15) is 0 Å². The highest BCUT2D eigenvalue weighted by Crippen LogP contribution is 2.29. The van der Waals surface area contributed by atoms with E-state index < -0.39 is 10.0 Å². The third-order valence-electron chi connectivity index (χ3n) is 4.19. The summed E-state index contributed by atoms with van der Waals surface area (Å²) in [5.74, 6) is 1.60. The van der Waals surface area contributed by atoms with Gasteiger partial charge in [-0.25, -0.2) is 8.42 Å². The first kappa shape index (κ1) is 20.3. The van der Waals surface area contributed by atoms with Crippen LogP contribution in [0.3, 0.4) is 0 Å². The quantitative estimate of drug-likeness (QED) is 0.697. The zero-order valence-corrected chi connectivity index (χ0v) is 16.8. The molecule has 0 saturated heterocycles. The molecular formula is C20H27NO4S. The SMILES string of the molecule is CCOc1ccc(CN(C)S(=O)(=O)c2ccc(C(C)C)cc2)cc1OC. The molecule has 0 bridgehead atoms. The van der Waals surface area contributed by atoms with Crippen LogP contribution in [0.1, 0.15) is 37.8 Å². The first-order valence-corrected chi connectivity index (χ1v) is 10.1. The second-order valence-electron chi connectivity index (χ2n) is 6.40. The number of benzene rings is 2. The van der Waals surface area contributed by atoms with Crippen LogP contribution in [0.4, 0.5) is 0 Å². The largest absolute Gasteiger partial charge is 0.493 e. The van der Waals surface area contributed by atoms with E-state index in [1.165, 1.54) is 4.31 Å². The Hall–Kier alpha value is -2.05. The van der Waals surface area contributed by atoms with Crippen molar-refractivity contribution in [2.24, 2.45) is 0 Å². The molecule has 0 aliphatic rings. The topological polar surface area (TPSA) is 55.8 Å². The van der Waals surface area contributed by atoms with E-state index in [9.17, 15) is 8.42 Å². The van der Waals surface area contributed by atoms with E-state index in [0.717, 1.165) is 11.1 Å². The van der Waals surface area contributed by atoms with Gasteiger partial charge in [-0.1, -0.05) is 32.0 Å². The Kier molecular flexibility index (Phi) is 6.67.